The molecular weight excluding hydrogens is 448 g/mol. The molecule has 10 N–H and O–H groups in total. The highest BCUT2D eigenvalue weighted by Crippen LogP contribution is 2.24. The number of carbonyl (C=O) groups is 1. The van der Waals surface area contributed by atoms with Crippen LogP contribution in [0, 0.1) is 5.41 Å². The fourth-order valence-corrected chi connectivity index (χ4v) is 3.39. The average molecular weight is 481 g/mol. The molecule has 11 nitrogen and oxygen atoms in total. The Morgan fingerprint density at radius 2 is 1.83 bits per heavy atom. The van der Waals surface area contributed by atoms with Crippen molar-refractivity contribution in [2.24, 2.45) is 5.73 Å². The maximum atomic E-state index is 13.2. The largest absolute Gasteiger partial charge is 0.507 e. The van der Waals surface area contributed by atoms with Crippen LogP contribution in [-0.4, -0.2) is 32.4 Å². The van der Waals surface area contributed by atoms with Gasteiger partial charge in [-0.1, -0.05) is 13.5 Å². The predicted molar refractivity (Wildman–Crippen MR) is 139 cm³/mol. The quantitative estimate of drug-likeness (QED) is 0.144. The van der Waals surface area contributed by atoms with Crippen LogP contribution in [0.3, 0.4) is 0 Å². The van der Waals surface area contributed by atoms with E-state index in [0.717, 1.165) is 0 Å². The lowest BCUT2D eigenvalue weighted by atomic mass is 10.1. The van der Waals surface area contributed by atoms with Crippen LogP contribution in [0.1, 0.15) is 32.4 Å². The third kappa shape index (κ3) is 6.50. The molecule has 1 heterocycles. The molecule has 0 unspecified atom stereocenters. The number of nitrogens with zero attached hydrogens (tertiary/aromatic N) is 2. The van der Waals surface area contributed by atoms with Gasteiger partial charge < -0.3 is 32.9 Å². The van der Waals surface area contributed by atoms with Crippen LogP contribution < -0.4 is 33.4 Å². The number of phenols is 1. The lowest BCUT2D eigenvalue weighted by molar-refractivity contribution is -0.121. The summed E-state index contributed by atoms with van der Waals surface area (Å²) in [5, 5.41) is 23.1. The molecule has 0 aliphatic rings. The lowest BCUT2D eigenvalue weighted by Gasteiger charge is -2.16. The number of amidine groups is 1. The number of carbonyl (C=O) groups excluding carboxylic acids is 1. The van der Waals surface area contributed by atoms with Gasteiger partial charge in [0.15, 0.2) is 5.82 Å². The van der Waals surface area contributed by atoms with Crippen molar-refractivity contribution in [3.8, 4) is 17.0 Å². The molecule has 1 aromatic heterocycles. The summed E-state index contributed by atoms with van der Waals surface area (Å²) >= 11 is 0. The molecule has 0 radical (unpaired) electrons. The van der Waals surface area contributed by atoms with Gasteiger partial charge in [-0.25, -0.2) is 4.98 Å². The van der Waals surface area contributed by atoms with Crippen LogP contribution in [-0.2, 0) is 17.9 Å². The highest BCUT2D eigenvalue weighted by atomic mass is 16.3. The van der Waals surface area contributed by atoms with Gasteiger partial charge in [0, 0.05) is 29.5 Å². The van der Waals surface area contributed by atoms with Crippen LogP contribution >= 0.6 is 0 Å². The molecular formula is C24H32N8O3. The second-order valence-corrected chi connectivity index (χ2v) is 8.11. The highest BCUT2D eigenvalue weighted by molar-refractivity contribution is 5.97. The van der Waals surface area contributed by atoms with Gasteiger partial charge in [0.2, 0.25) is 5.91 Å². The van der Waals surface area contributed by atoms with Crippen molar-refractivity contribution in [3.05, 3.63) is 64.1 Å². The number of nitrogen functional groups attached to an aromatic ring is 3. The first-order chi connectivity index (χ1) is 16.0. The van der Waals surface area contributed by atoms with Gasteiger partial charge in [0.05, 0.1) is 17.5 Å². The number of nitrogens with one attached hydrogen (secondary N) is 3. The van der Waals surface area contributed by atoms with E-state index in [-0.39, 0.29) is 49.5 Å². The van der Waals surface area contributed by atoms with Crippen molar-refractivity contribution in [1.82, 2.24) is 14.9 Å². The monoisotopic (exact) mass is 480 g/mol. The molecule has 3 aromatic rings. The van der Waals surface area contributed by atoms with Crippen molar-refractivity contribution in [3.63, 3.8) is 0 Å². The van der Waals surface area contributed by atoms with Crippen LogP contribution in [0.25, 0.3) is 11.3 Å². The minimum atomic E-state index is -0.467. The third-order valence-corrected chi connectivity index (χ3v) is 4.90. The number of hydrogen-bond acceptors (Lipinski definition) is 8. The van der Waals surface area contributed by atoms with E-state index in [2.05, 4.69) is 15.6 Å². The Bertz CT molecular complexity index is 1280. The first-order valence-corrected chi connectivity index (χ1v) is 10.5. The Hall–Kier alpha value is -4.54. The van der Waals surface area contributed by atoms with Crippen molar-refractivity contribution in [1.29, 1.82) is 5.41 Å². The van der Waals surface area contributed by atoms with Gasteiger partial charge in [-0.05, 0) is 49.7 Å². The Morgan fingerprint density at radius 3 is 2.40 bits per heavy atom. The molecule has 35 heavy (non-hydrogen) atoms. The van der Waals surface area contributed by atoms with E-state index in [9.17, 15) is 14.7 Å². The maximum Gasteiger partial charge on any atom is 0.294 e. The number of hydrogen-bond donors (Lipinski definition) is 7. The van der Waals surface area contributed by atoms with Crippen LogP contribution in [0.4, 0.5) is 17.2 Å². The molecule has 0 bridgehead atoms. The van der Waals surface area contributed by atoms with Gasteiger partial charge in [0.1, 0.15) is 18.1 Å². The standard InChI is InChI=1S/C23H28N8O3.CH4/c1-12(2)30-22-23(34)31(18(10-29-22)14-6-15(24)8-16(25)7-14)11-20(33)28-9-13-3-4-17(21(26)27)19(32)5-13;/h3-8,10,12,32H,9,11,24-25H2,1-2H3,(H3,26,27)(H,28,33)(H,29,30);1H4. The SMILES string of the molecule is C.CC(C)Nc1ncc(-c2cc(N)cc(N)c2)n(CC(=O)NCc2ccc(C(=N)N)c(O)c2)c1=O. The van der Waals surface area contributed by atoms with Crippen molar-refractivity contribution < 1.29 is 9.90 Å². The molecule has 0 saturated carbocycles. The number of phenolic OH excluding ortho intramolecular Hbond substituents is 1. The van der Waals surface area contributed by atoms with Crippen molar-refractivity contribution in [2.75, 3.05) is 16.8 Å². The molecule has 11 heteroatoms. The molecule has 2 aromatic carbocycles. The van der Waals surface area contributed by atoms with Crippen molar-refractivity contribution >= 4 is 28.9 Å². The van der Waals surface area contributed by atoms with Gasteiger partial charge in [0.25, 0.3) is 5.56 Å². The summed E-state index contributed by atoms with van der Waals surface area (Å²) in [5.41, 5.74) is 19.3. The highest BCUT2D eigenvalue weighted by Gasteiger charge is 2.16. The fourth-order valence-electron chi connectivity index (χ4n) is 3.39. The van der Waals surface area contributed by atoms with E-state index in [0.29, 0.717) is 28.2 Å². The van der Waals surface area contributed by atoms with E-state index in [4.69, 9.17) is 22.6 Å². The molecule has 0 fully saturated rings. The second-order valence-electron chi connectivity index (χ2n) is 8.11. The Kier molecular flexibility index (Phi) is 8.44. The smallest absolute Gasteiger partial charge is 0.294 e. The van der Waals surface area contributed by atoms with Gasteiger partial charge in [-0.15, -0.1) is 0 Å². The van der Waals surface area contributed by atoms with Crippen LogP contribution in [0.15, 0.2) is 47.4 Å². The molecule has 3 rings (SSSR count). The third-order valence-electron chi connectivity index (χ3n) is 4.90. The molecule has 0 atom stereocenters. The number of benzene rings is 2. The van der Waals surface area contributed by atoms with Crippen LogP contribution in [0.2, 0.25) is 0 Å². The lowest BCUT2D eigenvalue weighted by Crippen LogP contribution is -2.35. The summed E-state index contributed by atoms with van der Waals surface area (Å²) in [6.07, 6.45) is 1.49. The zero-order valence-corrected chi connectivity index (χ0v) is 18.9. The summed E-state index contributed by atoms with van der Waals surface area (Å²) in [6, 6.07) is 9.41. The molecule has 0 saturated heterocycles. The number of aromatic nitrogens is 2. The van der Waals surface area contributed by atoms with E-state index in [1.165, 1.54) is 22.9 Å². The number of nitrogens with two attached hydrogens (primary N) is 3. The number of aromatic hydroxyl groups is 1. The topological polar surface area (TPSA) is 198 Å². The summed E-state index contributed by atoms with van der Waals surface area (Å²) in [5.74, 6) is -0.730. The average Bonchev–Trinajstić information content (AvgIpc) is 2.74. The minimum absolute atomic E-state index is 0. The van der Waals surface area contributed by atoms with E-state index < -0.39 is 11.5 Å². The molecule has 0 aliphatic heterocycles. The number of anilines is 3. The second kappa shape index (κ2) is 11.1. The van der Waals surface area contributed by atoms with Crippen molar-refractivity contribution in [2.45, 2.75) is 40.4 Å². The van der Waals surface area contributed by atoms with E-state index >= 15 is 0 Å². The molecule has 186 valence electrons. The van der Waals surface area contributed by atoms with Gasteiger partial charge >= 0.3 is 0 Å². The minimum Gasteiger partial charge on any atom is -0.507 e. The zero-order chi connectivity index (χ0) is 25.0. The maximum absolute atomic E-state index is 13.2. The van der Waals surface area contributed by atoms with Gasteiger partial charge in [-0.3, -0.25) is 19.6 Å². The van der Waals surface area contributed by atoms with E-state index in [1.807, 2.05) is 13.8 Å². The first kappa shape index (κ1) is 26.7. The molecule has 0 aliphatic carbocycles. The van der Waals surface area contributed by atoms with Crippen LogP contribution in [0.5, 0.6) is 5.75 Å². The zero-order valence-electron chi connectivity index (χ0n) is 18.9. The normalized spacial score (nSPS) is 10.5. The predicted octanol–water partition coefficient (Wildman–Crippen LogP) is 1.84. The number of rotatable bonds is 8. The summed E-state index contributed by atoms with van der Waals surface area (Å²) in [7, 11) is 0. The molecule has 0 spiro atoms. The summed E-state index contributed by atoms with van der Waals surface area (Å²) in [4.78, 5) is 30.2. The Labute approximate surface area is 203 Å². The summed E-state index contributed by atoms with van der Waals surface area (Å²) < 4.78 is 1.30. The first-order valence-electron chi connectivity index (χ1n) is 10.5. The molecule has 1 amide bonds. The van der Waals surface area contributed by atoms with E-state index in [1.54, 1.807) is 24.3 Å². The van der Waals surface area contributed by atoms with Gasteiger partial charge in [-0.2, -0.15) is 0 Å². The fraction of sp³-hybridized carbons (Fsp3) is 0.250. The summed E-state index contributed by atoms with van der Waals surface area (Å²) in [6.45, 7) is 3.56. The number of amides is 1. The Balaban J connectivity index is 0.00000432. The Morgan fingerprint density at radius 1 is 1.17 bits per heavy atom.